The average molecular weight is 481 g/mol. The molecule has 0 N–H and O–H groups in total. The van der Waals surface area contributed by atoms with E-state index in [0.29, 0.717) is 0 Å². The third-order valence-electron chi connectivity index (χ3n) is 6.90. The summed E-state index contributed by atoms with van der Waals surface area (Å²) in [6.45, 7) is 14.3. The van der Waals surface area contributed by atoms with E-state index in [9.17, 15) is 14.9 Å². The zero-order valence-electron chi connectivity index (χ0n) is 20.1. The quantitative estimate of drug-likeness (QED) is 0.358. The first-order valence-corrected chi connectivity index (χ1v) is 14.0. The van der Waals surface area contributed by atoms with E-state index >= 15 is 0 Å². The molecule has 10 nitrogen and oxygen atoms in total. The van der Waals surface area contributed by atoms with Crippen LogP contribution in [0.25, 0.3) is 0 Å². The highest BCUT2D eigenvalue weighted by Gasteiger charge is 2.65. The number of nitro benzene ring substituents is 1. The molecule has 1 amide bonds. The largest absolute Gasteiger partial charge is 0.417 e. The van der Waals surface area contributed by atoms with Gasteiger partial charge in [0.1, 0.15) is 24.0 Å². The van der Waals surface area contributed by atoms with Gasteiger partial charge in [-0.3, -0.25) is 15.0 Å². The minimum Gasteiger partial charge on any atom is -0.412 e. The number of ether oxygens (including phenoxy) is 4. The highest BCUT2D eigenvalue weighted by molar-refractivity contribution is 6.74. The summed E-state index contributed by atoms with van der Waals surface area (Å²) in [5.41, 5.74) is -0.0475. The highest BCUT2D eigenvalue weighted by atomic mass is 28.4. The van der Waals surface area contributed by atoms with Crippen LogP contribution in [0.3, 0.4) is 0 Å². The van der Waals surface area contributed by atoms with E-state index < -0.39 is 43.1 Å². The van der Waals surface area contributed by atoms with Gasteiger partial charge < -0.3 is 23.4 Å². The van der Waals surface area contributed by atoms with E-state index in [1.807, 2.05) is 13.8 Å². The molecule has 182 valence electrons. The molecule has 1 aromatic carbocycles. The standard InChI is InChI=1S/C22H32N2O8Si/c1-20(2,3)33(6,7)32-18-17-16(29-21(4,5)30-17)12-28-22(18)13-23(19(25)31-22)14-10-8-9-11-15(14)24(26)27/h8-11,16-18H,12-13H2,1-7H3/t16-,17-,18+,22+/m1/s1. The Morgan fingerprint density at radius 2 is 1.88 bits per heavy atom. The fourth-order valence-corrected chi connectivity index (χ4v) is 5.53. The third kappa shape index (κ3) is 4.16. The van der Waals surface area contributed by atoms with Crippen molar-refractivity contribution < 1.29 is 33.1 Å². The number of hydrogen-bond acceptors (Lipinski definition) is 8. The van der Waals surface area contributed by atoms with Crippen LogP contribution in [-0.4, -0.2) is 62.4 Å². The van der Waals surface area contributed by atoms with Crippen molar-refractivity contribution in [2.75, 3.05) is 18.1 Å². The molecule has 3 aliphatic heterocycles. The van der Waals surface area contributed by atoms with Gasteiger partial charge >= 0.3 is 6.09 Å². The molecule has 1 aromatic rings. The molecule has 0 unspecified atom stereocenters. The summed E-state index contributed by atoms with van der Waals surface area (Å²) in [5, 5.41) is 11.4. The Morgan fingerprint density at radius 1 is 1.21 bits per heavy atom. The number of amides is 1. The Morgan fingerprint density at radius 3 is 2.52 bits per heavy atom. The topological polar surface area (TPSA) is 110 Å². The maximum Gasteiger partial charge on any atom is 0.417 e. The first-order valence-electron chi connectivity index (χ1n) is 11.1. The molecule has 0 bridgehead atoms. The summed E-state index contributed by atoms with van der Waals surface area (Å²) in [4.78, 5) is 25.3. The van der Waals surface area contributed by atoms with Crippen molar-refractivity contribution >= 4 is 25.8 Å². The maximum atomic E-state index is 13.0. The van der Waals surface area contributed by atoms with Crippen LogP contribution in [0.4, 0.5) is 16.2 Å². The molecule has 0 aromatic heterocycles. The van der Waals surface area contributed by atoms with Gasteiger partial charge in [-0.05, 0) is 38.0 Å². The third-order valence-corrected chi connectivity index (χ3v) is 11.4. The van der Waals surface area contributed by atoms with Crippen LogP contribution in [-0.2, 0) is 23.4 Å². The summed E-state index contributed by atoms with van der Waals surface area (Å²) in [6.07, 6.45) is -2.42. The molecule has 3 heterocycles. The van der Waals surface area contributed by atoms with Gasteiger partial charge in [-0.15, -0.1) is 0 Å². The normalized spacial score (nSPS) is 31.5. The van der Waals surface area contributed by atoms with Crippen LogP contribution in [0.5, 0.6) is 0 Å². The van der Waals surface area contributed by atoms with Gasteiger partial charge in [-0.25, -0.2) is 4.79 Å². The van der Waals surface area contributed by atoms with Crippen LogP contribution in [0.15, 0.2) is 24.3 Å². The molecule has 3 fully saturated rings. The van der Waals surface area contributed by atoms with E-state index in [1.165, 1.54) is 17.0 Å². The zero-order chi connectivity index (χ0) is 24.4. The van der Waals surface area contributed by atoms with Gasteiger partial charge in [-0.1, -0.05) is 32.9 Å². The average Bonchev–Trinajstić information content (AvgIpc) is 3.19. The van der Waals surface area contributed by atoms with E-state index in [-0.39, 0.29) is 35.7 Å². The molecule has 1 spiro atoms. The van der Waals surface area contributed by atoms with Crippen molar-refractivity contribution in [3.8, 4) is 0 Å². The number of carbonyl (C=O) groups is 1. The van der Waals surface area contributed by atoms with Crippen molar-refractivity contribution in [2.24, 2.45) is 0 Å². The number of carbonyl (C=O) groups excluding carboxylic acids is 1. The second-order valence-corrected chi connectivity index (χ2v) is 15.5. The molecular weight excluding hydrogens is 448 g/mol. The molecule has 3 saturated heterocycles. The Kier molecular flexibility index (Phi) is 5.65. The summed E-state index contributed by atoms with van der Waals surface area (Å²) < 4.78 is 31.0. The Labute approximate surface area is 194 Å². The number of hydrogen-bond donors (Lipinski definition) is 0. The van der Waals surface area contributed by atoms with E-state index in [1.54, 1.807) is 12.1 Å². The number of nitro groups is 1. The van der Waals surface area contributed by atoms with Crippen LogP contribution >= 0.6 is 0 Å². The number of rotatable bonds is 4. The molecule has 3 aliphatic rings. The van der Waals surface area contributed by atoms with Gasteiger partial charge in [0.25, 0.3) is 11.5 Å². The highest BCUT2D eigenvalue weighted by Crippen LogP contribution is 2.48. The number of nitrogens with zero attached hydrogens (tertiary/aromatic N) is 2. The van der Waals surface area contributed by atoms with Gasteiger partial charge in [0, 0.05) is 6.07 Å². The van der Waals surface area contributed by atoms with Crippen LogP contribution < -0.4 is 4.90 Å². The molecule has 4 atom stereocenters. The fraction of sp³-hybridized carbons (Fsp3) is 0.682. The number of fused-ring (bicyclic) bond motifs is 1. The minimum atomic E-state index is -2.38. The predicted molar refractivity (Wildman–Crippen MR) is 122 cm³/mol. The lowest BCUT2D eigenvalue weighted by Gasteiger charge is -2.48. The molecule has 33 heavy (non-hydrogen) atoms. The molecule has 0 aliphatic carbocycles. The first-order chi connectivity index (χ1) is 15.2. The Balaban J connectivity index is 1.73. The van der Waals surface area contributed by atoms with Crippen molar-refractivity contribution in [1.29, 1.82) is 0 Å². The lowest BCUT2D eigenvalue weighted by molar-refractivity contribution is -0.384. The Bertz CT molecular complexity index is 962. The van der Waals surface area contributed by atoms with Crippen molar-refractivity contribution in [3.05, 3.63) is 34.4 Å². The number of benzene rings is 1. The van der Waals surface area contributed by atoms with Crippen LogP contribution in [0, 0.1) is 10.1 Å². The van der Waals surface area contributed by atoms with Crippen molar-refractivity contribution in [1.82, 2.24) is 0 Å². The summed E-state index contributed by atoms with van der Waals surface area (Å²) in [7, 11) is -2.38. The number of anilines is 1. The van der Waals surface area contributed by atoms with E-state index in [2.05, 4.69) is 33.9 Å². The maximum absolute atomic E-state index is 13.0. The lowest BCUT2D eigenvalue weighted by atomic mass is 9.96. The second kappa shape index (κ2) is 7.74. The Hall–Kier alpha value is -2.05. The summed E-state index contributed by atoms with van der Waals surface area (Å²) >= 11 is 0. The molecule has 11 heteroatoms. The second-order valence-electron chi connectivity index (χ2n) is 10.8. The fourth-order valence-electron chi connectivity index (χ4n) is 4.23. The van der Waals surface area contributed by atoms with Gasteiger partial charge in [-0.2, -0.15) is 0 Å². The van der Waals surface area contributed by atoms with Crippen LogP contribution in [0.1, 0.15) is 34.6 Å². The zero-order valence-corrected chi connectivity index (χ0v) is 21.1. The van der Waals surface area contributed by atoms with E-state index in [0.717, 1.165) is 0 Å². The predicted octanol–water partition coefficient (Wildman–Crippen LogP) is 4.19. The smallest absolute Gasteiger partial charge is 0.412 e. The van der Waals surface area contributed by atoms with Gasteiger partial charge in [0.2, 0.25) is 0 Å². The van der Waals surface area contributed by atoms with E-state index in [4.69, 9.17) is 23.4 Å². The van der Waals surface area contributed by atoms with Crippen molar-refractivity contribution in [2.45, 2.75) is 82.6 Å². The van der Waals surface area contributed by atoms with Gasteiger partial charge in [0.05, 0.1) is 18.1 Å². The SMILES string of the molecule is CC1(C)O[C@@H]2[C@@H](CO[C@]3(CN(c4ccccc4[N+](=O)[O-])C(=O)O3)[C@H]2O[Si](C)(C)C(C)(C)C)O1. The summed E-state index contributed by atoms with van der Waals surface area (Å²) in [5.74, 6) is -2.33. The van der Waals surface area contributed by atoms with Crippen molar-refractivity contribution in [3.63, 3.8) is 0 Å². The molecule has 0 radical (unpaired) electrons. The first kappa shape index (κ1) is 24.1. The summed E-state index contributed by atoms with van der Waals surface area (Å²) in [6, 6.07) is 6.06. The molecule has 4 rings (SSSR count). The lowest BCUT2D eigenvalue weighted by Crippen LogP contribution is -2.65. The molecule has 0 saturated carbocycles. The monoisotopic (exact) mass is 480 g/mol. The van der Waals surface area contributed by atoms with Crippen LogP contribution in [0.2, 0.25) is 18.1 Å². The molecular formula is C22H32N2O8Si. The van der Waals surface area contributed by atoms with Gasteiger partial charge in [0.15, 0.2) is 14.1 Å². The number of para-hydroxylation sites is 2. The minimum absolute atomic E-state index is 0.0665.